The highest BCUT2D eigenvalue weighted by Gasteiger charge is 2.48. The number of nitrogens with one attached hydrogen (secondary N) is 1. The number of phenolic OH excluding ortho intramolecular Hbond substituents is 1. The van der Waals surface area contributed by atoms with Crippen molar-refractivity contribution in [2.24, 2.45) is 5.41 Å². The van der Waals surface area contributed by atoms with Crippen molar-refractivity contribution in [1.82, 2.24) is 5.32 Å². The van der Waals surface area contributed by atoms with Crippen LogP contribution in [0.1, 0.15) is 25.8 Å². The molecule has 2 unspecified atom stereocenters. The van der Waals surface area contributed by atoms with Gasteiger partial charge >= 0.3 is 0 Å². The third-order valence-corrected chi connectivity index (χ3v) is 3.93. The Morgan fingerprint density at radius 3 is 2.82 bits per heavy atom. The molecule has 17 heavy (non-hydrogen) atoms. The molecule has 0 aliphatic heterocycles. The Morgan fingerprint density at radius 2 is 2.24 bits per heavy atom. The van der Waals surface area contributed by atoms with Crippen LogP contribution in [0, 0.1) is 5.41 Å². The first-order chi connectivity index (χ1) is 8.04. The zero-order valence-corrected chi connectivity index (χ0v) is 10.7. The average Bonchev–Trinajstić information content (AvgIpc) is 2.28. The number of hydrogen-bond donors (Lipinski definition) is 2. The molecule has 1 aliphatic carbocycles. The monoisotopic (exact) mass is 235 g/mol. The Morgan fingerprint density at radius 1 is 1.47 bits per heavy atom. The van der Waals surface area contributed by atoms with Gasteiger partial charge in [0.05, 0.1) is 6.10 Å². The Kier molecular flexibility index (Phi) is 3.40. The first kappa shape index (κ1) is 12.4. The SMILES string of the molecule is COC1CC(NCc2cccc(O)c2)C1(C)C. The Hall–Kier alpha value is -1.06. The Labute approximate surface area is 103 Å². The van der Waals surface area contributed by atoms with E-state index < -0.39 is 0 Å². The van der Waals surface area contributed by atoms with Gasteiger partial charge in [-0.25, -0.2) is 0 Å². The molecule has 94 valence electrons. The van der Waals surface area contributed by atoms with Crippen molar-refractivity contribution >= 4 is 0 Å². The van der Waals surface area contributed by atoms with Crippen LogP contribution in [0.4, 0.5) is 0 Å². The summed E-state index contributed by atoms with van der Waals surface area (Å²) in [4.78, 5) is 0. The molecule has 0 saturated heterocycles. The zero-order chi connectivity index (χ0) is 12.5. The third kappa shape index (κ3) is 2.45. The van der Waals surface area contributed by atoms with Gasteiger partial charge in [0.25, 0.3) is 0 Å². The first-order valence-electron chi connectivity index (χ1n) is 6.08. The molecule has 2 rings (SSSR count). The molecule has 1 fully saturated rings. The van der Waals surface area contributed by atoms with Crippen LogP contribution in [0.25, 0.3) is 0 Å². The Balaban J connectivity index is 1.88. The summed E-state index contributed by atoms with van der Waals surface area (Å²) in [5, 5.41) is 12.9. The van der Waals surface area contributed by atoms with Crippen molar-refractivity contribution in [1.29, 1.82) is 0 Å². The molecule has 0 heterocycles. The lowest BCUT2D eigenvalue weighted by Gasteiger charge is -2.51. The van der Waals surface area contributed by atoms with E-state index in [2.05, 4.69) is 19.2 Å². The summed E-state index contributed by atoms with van der Waals surface area (Å²) < 4.78 is 5.42. The molecule has 0 amide bonds. The van der Waals surface area contributed by atoms with Gasteiger partial charge in [-0.3, -0.25) is 0 Å². The lowest BCUT2D eigenvalue weighted by molar-refractivity contribution is -0.0979. The summed E-state index contributed by atoms with van der Waals surface area (Å²) in [5.74, 6) is 0.326. The molecular weight excluding hydrogens is 214 g/mol. The number of hydrogen-bond acceptors (Lipinski definition) is 3. The fraction of sp³-hybridized carbons (Fsp3) is 0.571. The fourth-order valence-electron chi connectivity index (χ4n) is 2.54. The van der Waals surface area contributed by atoms with Crippen LogP contribution in [0.5, 0.6) is 5.75 Å². The van der Waals surface area contributed by atoms with Crippen LogP contribution in [0.2, 0.25) is 0 Å². The van der Waals surface area contributed by atoms with Crippen LogP contribution >= 0.6 is 0 Å². The molecule has 0 spiro atoms. The van der Waals surface area contributed by atoms with Gasteiger partial charge in [0.2, 0.25) is 0 Å². The molecule has 1 aliphatic rings. The van der Waals surface area contributed by atoms with Crippen molar-refractivity contribution in [3.63, 3.8) is 0 Å². The van der Waals surface area contributed by atoms with Crippen molar-refractivity contribution in [2.75, 3.05) is 7.11 Å². The number of methoxy groups -OCH3 is 1. The summed E-state index contributed by atoms with van der Waals surface area (Å²) in [7, 11) is 1.78. The van der Waals surface area contributed by atoms with E-state index in [1.807, 2.05) is 12.1 Å². The minimum atomic E-state index is 0.186. The topological polar surface area (TPSA) is 41.5 Å². The summed E-state index contributed by atoms with van der Waals surface area (Å²) >= 11 is 0. The highest BCUT2D eigenvalue weighted by Crippen LogP contribution is 2.42. The maximum atomic E-state index is 9.38. The Bertz CT molecular complexity index is 390. The van der Waals surface area contributed by atoms with Gasteiger partial charge in [0, 0.05) is 25.1 Å². The van der Waals surface area contributed by atoms with Crippen LogP contribution in [0.15, 0.2) is 24.3 Å². The van der Waals surface area contributed by atoms with Gasteiger partial charge in [0.1, 0.15) is 5.75 Å². The normalized spacial score (nSPS) is 26.5. The molecule has 3 heteroatoms. The van der Waals surface area contributed by atoms with E-state index in [9.17, 15) is 5.11 Å². The van der Waals surface area contributed by atoms with Crippen molar-refractivity contribution in [3.05, 3.63) is 29.8 Å². The van der Waals surface area contributed by atoms with Crippen LogP contribution in [-0.4, -0.2) is 24.4 Å². The summed E-state index contributed by atoms with van der Waals surface area (Å²) in [6.07, 6.45) is 1.41. The molecule has 3 nitrogen and oxygen atoms in total. The summed E-state index contributed by atoms with van der Waals surface area (Å²) in [6, 6.07) is 7.86. The maximum absolute atomic E-state index is 9.38. The third-order valence-electron chi connectivity index (χ3n) is 3.93. The van der Waals surface area contributed by atoms with Gasteiger partial charge in [0.15, 0.2) is 0 Å². The van der Waals surface area contributed by atoms with Crippen molar-refractivity contribution < 1.29 is 9.84 Å². The highest BCUT2D eigenvalue weighted by molar-refractivity contribution is 5.27. The standard InChI is InChI=1S/C14H21NO2/c1-14(2)12(8-13(14)17-3)15-9-10-5-4-6-11(16)7-10/h4-7,12-13,15-16H,8-9H2,1-3H3. The van der Waals surface area contributed by atoms with E-state index in [0.29, 0.717) is 17.9 Å². The van der Waals surface area contributed by atoms with E-state index in [1.54, 1.807) is 19.2 Å². The quantitative estimate of drug-likeness (QED) is 0.841. The van der Waals surface area contributed by atoms with Crippen molar-refractivity contribution in [3.8, 4) is 5.75 Å². The zero-order valence-electron chi connectivity index (χ0n) is 10.7. The van der Waals surface area contributed by atoms with Gasteiger partial charge < -0.3 is 15.2 Å². The van der Waals surface area contributed by atoms with Gasteiger partial charge in [-0.15, -0.1) is 0 Å². The predicted molar refractivity (Wildman–Crippen MR) is 67.9 cm³/mol. The van der Waals surface area contributed by atoms with E-state index in [-0.39, 0.29) is 5.41 Å². The number of aromatic hydroxyl groups is 1. The summed E-state index contributed by atoms with van der Waals surface area (Å²) in [5.41, 5.74) is 1.30. The average molecular weight is 235 g/mol. The molecule has 0 radical (unpaired) electrons. The molecule has 2 N–H and O–H groups in total. The predicted octanol–water partition coefficient (Wildman–Crippen LogP) is 2.30. The van der Waals surface area contributed by atoms with E-state index in [0.717, 1.165) is 18.5 Å². The van der Waals surface area contributed by atoms with Crippen molar-refractivity contribution in [2.45, 2.75) is 39.0 Å². The smallest absolute Gasteiger partial charge is 0.115 e. The minimum absolute atomic E-state index is 0.186. The van der Waals surface area contributed by atoms with E-state index in [4.69, 9.17) is 4.74 Å². The van der Waals surface area contributed by atoms with Crippen LogP contribution in [0.3, 0.4) is 0 Å². The van der Waals surface area contributed by atoms with Gasteiger partial charge in [-0.1, -0.05) is 26.0 Å². The second-order valence-corrected chi connectivity index (χ2v) is 5.38. The number of phenols is 1. The molecular formula is C14H21NO2. The van der Waals surface area contributed by atoms with Gasteiger partial charge in [-0.2, -0.15) is 0 Å². The van der Waals surface area contributed by atoms with E-state index in [1.165, 1.54) is 0 Å². The van der Waals surface area contributed by atoms with Crippen LogP contribution in [-0.2, 0) is 11.3 Å². The molecule has 0 aromatic heterocycles. The van der Waals surface area contributed by atoms with Crippen LogP contribution < -0.4 is 5.32 Å². The molecule has 1 saturated carbocycles. The maximum Gasteiger partial charge on any atom is 0.115 e. The number of rotatable bonds is 4. The summed E-state index contributed by atoms with van der Waals surface area (Å²) in [6.45, 7) is 5.24. The second-order valence-electron chi connectivity index (χ2n) is 5.38. The number of benzene rings is 1. The number of ether oxygens (including phenoxy) is 1. The molecule has 1 aromatic rings. The largest absolute Gasteiger partial charge is 0.508 e. The lowest BCUT2D eigenvalue weighted by atomic mass is 9.64. The molecule has 2 atom stereocenters. The fourth-order valence-corrected chi connectivity index (χ4v) is 2.54. The first-order valence-corrected chi connectivity index (χ1v) is 6.08. The van der Waals surface area contributed by atoms with Gasteiger partial charge in [-0.05, 0) is 24.1 Å². The highest BCUT2D eigenvalue weighted by atomic mass is 16.5. The second kappa shape index (κ2) is 4.67. The molecule has 1 aromatic carbocycles. The minimum Gasteiger partial charge on any atom is -0.508 e. The van der Waals surface area contributed by atoms with E-state index >= 15 is 0 Å². The lowest BCUT2D eigenvalue weighted by Crippen LogP contribution is -2.60. The molecule has 0 bridgehead atoms.